The van der Waals surface area contributed by atoms with Crippen LogP contribution < -0.4 is 5.73 Å². The number of rotatable bonds is 5. The lowest BCUT2D eigenvalue weighted by Crippen LogP contribution is -2.02. The standard InChI is InChI=1S/C23H18ClN3O6S2/c1-13-2-6-16(7-3-13)34(29,30)21-9-5-15(24)11-19(21)26-27-23-18(25)8-4-14-10-17(35(31,32)33)12-20(28)22(14)23/h2-12,28H,25H2,1H3,(H,31,32,33). The Bertz CT molecular complexity index is 1720. The van der Waals surface area contributed by atoms with Crippen molar-refractivity contribution in [3.8, 4) is 5.75 Å². The molecule has 0 saturated carbocycles. The fourth-order valence-corrected chi connectivity index (χ4v) is 5.49. The Morgan fingerprint density at radius 2 is 1.54 bits per heavy atom. The maximum atomic E-state index is 13.3. The highest BCUT2D eigenvalue weighted by Crippen LogP contribution is 2.41. The van der Waals surface area contributed by atoms with Crippen LogP contribution >= 0.6 is 11.6 Å². The Balaban J connectivity index is 1.88. The Labute approximate surface area is 206 Å². The quantitative estimate of drug-likeness (QED) is 0.172. The van der Waals surface area contributed by atoms with Crippen LogP contribution in [0.1, 0.15) is 5.56 Å². The number of phenols is 1. The van der Waals surface area contributed by atoms with Crippen LogP contribution in [0.2, 0.25) is 5.02 Å². The van der Waals surface area contributed by atoms with Gasteiger partial charge in [-0.2, -0.15) is 8.42 Å². The topological polar surface area (TPSA) is 159 Å². The molecule has 4 aromatic rings. The van der Waals surface area contributed by atoms with E-state index in [1.807, 2.05) is 6.92 Å². The number of aromatic hydroxyl groups is 1. The predicted octanol–water partition coefficient (Wildman–Crippen LogP) is 5.58. The summed E-state index contributed by atoms with van der Waals surface area (Å²) in [7, 11) is -8.56. The number of aryl methyl sites for hydroxylation is 1. The molecule has 4 aromatic carbocycles. The molecule has 4 N–H and O–H groups in total. The number of hydrogen-bond acceptors (Lipinski definition) is 8. The molecule has 12 heteroatoms. The number of azo groups is 1. The van der Waals surface area contributed by atoms with Crippen LogP contribution in [0.5, 0.6) is 5.75 Å². The monoisotopic (exact) mass is 531 g/mol. The number of phenolic OH excluding ortho intramolecular Hbond substituents is 1. The van der Waals surface area contributed by atoms with Gasteiger partial charge in [-0.05, 0) is 54.8 Å². The predicted molar refractivity (Wildman–Crippen MR) is 132 cm³/mol. The third-order valence-electron chi connectivity index (χ3n) is 5.17. The molecule has 0 saturated heterocycles. The van der Waals surface area contributed by atoms with Gasteiger partial charge in [0.2, 0.25) is 9.84 Å². The van der Waals surface area contributed by atoms with Gasteiger partial charge in [0, 0.05) is 11.1 Å². The van der Waals surface area contributed by atoms with E-state index in [4.69, 9.17) is 17.3 Å². The molecule has 0 aliphatic carbocycles. The molecule has 0 fully saturated rings. The molecule has 0 radical (unpaired) electrons. The average Bonchev–Trinajstić information content (AvgIpc) is 2.78. The van der Waals surface area contributed by atoms with Crippen LogP contribution in [0.15, 0.2) is 91.6 Å². The van der Waals surface area contributed by atoms with Gasteiger partial charge in [0.05, 0.1) is 25.8 Å². The van der Waals surface area contributed by atoms with E-state index in [0.29, 0.717) is 0 Å². The number of nitrogens with two attached hydrogens (primary N) is 1. The first-order valence-electron chi connectivity index (χ1n) is 9.93. The van der Waals surface area contributed by atoms with Gasteiger partial charge in [-0.3, -0.25) is 4.55 Å². The molecular weight excluding hydrogens is 514 g/mol. The third-order valence-corrected chi connectivity index (χ3v) is 8.06. The first-order valence-corrected chi connectivity index (χ1v) is 13.2. The molecule has 0 aliphatic rings. The van der Waals surface area contributed by atoms with E-state index in [2.05, 4.69) is 10.2 Å². The highest BCUT2D eigenvalue weighted by molar-refractivity contribution is 7.91. The van der Waals surface area contributed by atoms with E-state index in [-0.39, 0.29) is 42.6 Å². The van der Waals surface area contributed by atoms with Crippen LogP contribution in [-0.2, 0) is 20.0 Å². The first kappa shape index (κ1) is 24.6. The highest BCUT2D eigenvalue weighted by atomic mass is 35.5. The Hall–Kier alpha value is -3.51. The van der Waals surface area contributed by atoms with Crippen LogP contribution in [0.25, 0.3) is 10.8 Å². The van der Waals surface area contributed by atoms with Crippen molar-refractivity contribution < 1.29 is 26.5 Å². The number of fused-ring (bicyclic) bond motifs is 1. The number of nitrogen functional groups attached to an aromatic ring is 1. The van der Waals surface area contributed by atoms with Crippen molar-refractivity contribution >= 4 is 59.4 Å². The molecule has 180 valence electrons. The number of hydrogen-bond donors (Lipinski definition) is 3. The van der Waals surface area contributed by atoms with E-state index in [9.17, 15) is 26.5 Å². The van der Waals surface area contributed by atoms with Crippen LogP contribution in [0, 0.1) is 6.92 Å². The average molecular weight is 532 g/mol. The minimum Gasteiger partial charge on any atom is -0.507 e. The van der Waals surface area contributed by atoms with Gasteiger partial charge in [0.15, 0.2) is 0 Å². The second kappa shape index (κ2) is 8.93. The molecule has 0 unspecified atom stereocenters. The number of halogens is 1. The minimum atomic E-state index is -4.58. The van der Waals surface area contributed by atoms with E-state index in [1.54, 1.807) is 12.1 Å². The summed E-state index contributed by atoms with van der Waals surface area (Å²) < 4.78 is 58.8. The lowest BCUT2D eigenvalue weighted by molar-refractivity contribution is 0.471. The fraction of sp³-hybridized carbons (Fsp3) is 0.0435. The summed E-state index contributed by atoms with van der Waals surface area (Å²) in [4.78, 5) is -0.607. The number of anilines is 1. The largest absolute Gasteiger partial charge is 0.507 e. The number of sulfone groups is 1. The Morgan fingerprint density at radius 1 is 0.857 bits per heavy atom. The summed E-state index contributed by atoms with van der Waals surface area (Å²) in [5, 5.41) is 19.1. The molecule has 9 nitrogen and oxygen atoms in total. The van der Waals surface area contributed by atoms with E-state index in [1.165, 1.54) is 42.5 Å². The maximum Gasteiger partial charge on any atom is 0.294 e. The molecule has 35 heavy (non-hydrogen) atoms. The molecule has 0 spiro atoms. The first-order chi connectivity index (χ1) is 16.4. The van der Waals surface area contributed by atoms with Gasteiger partial charge in [0.1, 0.15) is 17.1 Å². The van der Waals surface area contributed by atoms with Gasteiger partial charge in [-0.1, -0.05) is 35.4 Å². The SMILES string of the molecule is Cc1ccc(S(=O)(=O)c2ccc(Cl)cc2N=Nc2c(N)ccc3cc(S(=O)(=O)O)cc(O)c23)cc1. The van der Waals surface area contributed by atoms with Gasteiger partial charge >= 0.3 is 0 Å². The summed E-state index contributed by atoms with van der Waals surface area (Å²) in [6, 6.07) is 15.2. The van der Waals surface area contributed by atoms with E-state index in [0.717, 1.165) is 17.7 Å². The van der Waals surface area contributed by atoms with Crippen molar-refractivity contribution in [1.29, 1.82) is 0 Å². The van der Waals surface area contributed by atoms with Crippen molar-refractivity contribution in [2.75, 3.05) is 5.73 Å². The smallest absolute Gasteiger partial charge is 0.294 e. The second-order valence-electron chi connectivity index (χ2n) is 7.65. The van der Waals surface area contributed by atoms with Gasteiger partial charge in [-0.25, -0.2) is 8.42 Å². The zero-order valence-electron chi connectivity index (χ0n) is 18.0. The van der Waals surface area contributed by atoms with Gasteiger partial charge < -0.3 is 10.8 Å². The van der Waals surface area contributed by atoms with Crippen molar-refractivity contribution in [1.82, 2.24) is 0 Å². The van der Waals surface area contributed by atoms with Crippen LogP contribution in [-0.4, -0.2) is 26.5 Å². The molecule has 0 atom stereocenters. The minimum absolute atomic E-state index is 0.0273. The van der Waals surface area contributed by atoms with Crippen LogP contribution in [0.4, 0.5) is 17.1 Å². The Morgan fingerprint density at radius 3 is 2.20 bits per heavy atom. The van der Waals surface area contributed by atoms with Crippen LogP contribution in [0.3, 0.4) is 0 Å². The molecular formula is C23H18ClN3O6S2. The van der Waals surface area contributed by atoms with E-state index >= 15 is 0 Å². The Kier molecular flexibility index (Phi) is 6.28. The number of benzene rings is 4. The summed E-state index contributed by atoms with van der Waals surface area (Å²) >= 11 is 6.09. The second-order valence-corrected chi connectivity index (χ2v) is 11.4. The molecule has 0 aliphatic heterocycles. The summed E-state index contributed by atoms with van der Waals surface area (Å²) in [6.07, 6.45) is 0. The third kappa shape index (κ3) is 4.84. The van der Waals surface area contributed by atoms with Crippen molar-refractivity contribution in [3.05, 3.63) is 77.3 Å². The molecule has 4 rings (SSSR count). The number of nitrogens with zero attached hydrogens (tertiary/aromatic N) is 2. The van der Waals surface area contributed by atoms with Gasteiger partial charge in [-0.15, -0.1) is 10.2 Å². The lowest BCUT2D eigenvalue weighted by atomic mass is 10.1. The molecule has 0 bridgehead atoms. The van der Waals surface area contributed by atoms with Gasteiger partial charge in [0.25, 0.3) is 10.1 Å². The molecule has 0 aromatic heterocycles. The van der Waals surface area contributed by atoms with Crippen molar-refractivity contribution in [3.63, 3.8) is 0 Å². The normalized spacial score (nSPS) is 12.4. The zero-order chi connectivity index (χ0) is 25.5. The lowest BCUT2D eigenvalue weighted by Gasteiger charge is -2.10. The van der Waals surface area contributed by atoms with Crippen molar-refractivity contribution in [2.24, 2.45) is 10.2 Å². The summed E-state index contributed by atoms with van der Waals surface area (Å²) in [5.74, 6) is -0.519. The molecule has 0 amide bonds. The highest BCUT2D eigenvalue weighted by Gasteiger charge is 2.22. The zero-order valence-corrected chi connectivity index (χ0v) is 20.4. The van der Waals surface area contributed by atoms with E-state index < -0.39 is 30.6 Å². The summed E-state index contributed by atoms with van der Waals surface area (Å²) in [6.45, 7) is 1.83. The fourth-order valence-electron chi connectivity index (χ4n) is 3.42. The molecule has 0 heterocycles. The van der Waals surface area contributed by atoms with Crippen molar-refractivity contribution in [2.45, 2.75) is 21.6 Å². The maximum absolute atomic E-state index is 13.3. The summed E-state index contributed by atoms with van der Waals surface area (Å²) in [5.41, 5.74) is 6.91.